The van der Waals surface area contributed by atoms with Crippen LogP contribution in [0, 0.1) is 0 Å². The van der Waals surface area contributed by atoms with Crippen LogP contribution in [0.1, 0.15) is 38.3 Å². The summed E-state index contributed by atoms with van der Waals surface area (Å²) < 4.78 is 17.1. The molecule has 0 saturated carbocycles. The number of rotatable bonds is 11. The number of hydrogen-bond donors (Lipinski definition) is 2. The Labute approximate surface area is 180 Å². The maximum absolute atomic E-state index is 12.0. The van der Waals surface area contributed by atoms with Gasteiger partial charge in [-0.25, -0.2) is 4.99 Å². The number of nitrogens with one attached hydrogen (secondary N) is 2. The lowest BCUT2D eigenvalue weighted by Gasteiger charge is -2.16. The van der Waals surface area contributed by atoms with Gasteiger partial charge in [-0.15, -0.1) is 0 Å². The Bertz CT molecular complexity index is 721. The van der Waals surface area contributed by atoms with E-state index < -0.39 is 0 Å². The van der Waals surface area contributed by atoms with E-state index in [0.717, 1.165) is 29.9 Å². The molecule has 0 bridgehead atoms. The number of carbonyl (C=O) groups is 1. The van der Waals surface area contributed by atoms with E-state index in [2.05, 4.69) is 28.6 Å². The van der Waals surface area contributed by atoms with Crippen molar-refractivity contribution in [3.63, 3.8) is 0 Å². The summed E-state index contributed by atoms with van der Waals surface area (Å²) in [5, 5.41) is 6.38. The first-order valence-electron chi connectivity index (χ1n) is 10.7. The lowest BCUT2D eigenvalue weighted by atomic mass is 10.1. The molecule has 1 amide bonds. The first-order valence-corrected chi connectivity index (χ1v) is 10.7. The van der Waals surface area contributed by atoms with Crippen molar-refractivity contribution in [2.45, 2.75) is 46.3 Å². The van der Waals surface area contributed by atoms with E-state index in [0.29, 0.717) is 38.9 Å². The van der Waals surface area contributed by atoms with E-state index in [-0.39, 0.29) is 18.6 Å². The summed E-state index contributed by atoms with van der Waals surface area (Å²) in [6.07, 6.45) is 1.92. The summed E-state index contributed by atoms with van der Waals surface area (Å²) in [5.74, 6) is 2.29. The Morgan fingerprint density at radius 2 is 2.07 bits per heavy atom. The molecular weight excluding hydrogens is 384 g/mol. The van der Waals surface area contributed by atoms with Crippen LogP contribution < -0.4 is 20.1 Å². The van der Waals surface area contributed by atoms with Crippen LogP contribution in [-0.2, 0) is 22.5 Å². The van der Waals surface area contributed by atoms with Crippen molar-refractivity contribution in [2.24, 2.45) is 4.99 Å². The van der Waals surface area contributed by atoms with Crippen LogP contribution in [0.3, 0.4) is 0 Å². The van der Waals surface area contributed by atoms with E-state index >= 15 is 0 Å². The minimum atomic E-state index is -0.0197. The van der Waals surface area contributed by atoms with Crippen LogP contribution in [0.4, 0.5) is 0 Å². The van der Waals surface area contributed by atoms with Crippen LogP contribution in [0.25, 0.3) is 0 Å². The number of benzene rings is 1. The van der Waals surface area contributed by atoms with E-state index in [1.165, 1.54) is 5.56 Å². The molecule has 0 aliphatic carbocycles. The lowest BCUT2D eigenvalue weighted by Crippen LogP contribution is -2.43. The highest BCUT2D eigenvalue weighted by Crippen LogP contribution is 2.35. The summed E-state index contributed by atoms with van der Waals surface area (Å²) in [4.78, 5) is 18.2. The van der Waals surface area contributed by atoms with Gasteiger partial charge in [-0.2, -0.15) is 0 Å². The molecule has 2 N–H and O–H groups in total. The van der Waals surface area contributed by atoms with E-state index in [4.69, 9.17) is 14.2 Å². The first kappa shape index (κ1) is 23.8. The second kappa shape index (κ2) is 12.3. The van der Waals surface area contributed by atoms with E-state index in [9.17, 15) is 4.79 Å². The number of guanidine groups is 1. The number of nitrogens with zero attached hydrogens (tertiary/aromatic N) is 2. The Kier molecular flexibility index (Phi) is 9.73. The van der Waals surface area contributed by atoms with Gasteiger partial charge in [0.1, 0.15) is 17.6 Å². The highest BCUT2D eigenvalue weighted by atomic mass is 16.5. The fourth-order valence-corrected chi connectivity index (χ4v) is 3.08. The Morgan fingerprint density at radius 1 is 1.27 bits per heavy atom. The molecule has 1 aromatic rings. The van der Waals surface area contributed by atoms with Crippen molar-refractivity contribution in [1.29, 1.82) is 0 Å². The van der Waals surface area contributed by atoms with Gasteiger partial charge in [0, 0.05) is 51.4 Å². The summed E-state index contributed by atoms with van der Waals surface area (Å²) in [5.41, 5.74) is 2.13. The molecular formula is C22H36N4O4. The number of fused-ring (bicyclic) bond motifs is 1. The van der Waals surface area contributed by atoms with Gasteiger partial charge in [0.25, 0.3) is 0 Å². The molecule has 1 aliphatic rings. The van der Waals surface area contributed by atoms with Gasteiger partial charge in [0.05, 0.1) is 19.7 Å². The first-order chi connectivity index (χ1) is 14.4. The van der Waals surface area contributed by atoms with E-state index in [1.54, 1.807) is 19.0 Å². The monoisotopic (exact) mass is 420 g/mol. The molecule has 168 valence electrons. The molecule has 8 heteroatoms. The van der Waals surface area contributed by atoms with Crippen LogP contribution in [0.2, 0.25) is 0 Å². The number of ether oxygens (including phenoxy) is 3. The average Bonchev–Trinajstić information content (AvgIpc) is 3.07. The second-order valence-corrected chi connectivity index (χ2v) is 7.42. The minimum Gasteiger partial charge on any atom is -0.494 e. The van der Waals surface area contributed by atoms with Crippen LogP contribution in [0.5, 0.6) is 11.5 Å². The average molecular weight is 421 g/mol. The Hall–Kier alpha value is -2.48. The molecule has 2 rings (SSSR count). The molecule has 0 spiro atoms. The van der Waals surface area contributed by atoms with E-state index in [1.807, 2.05) is 19.9 Å². The maximum atomic E-state index is 12.0. The maximum Gasteiger partial charge on any atom is 0.241 e. The summed E-state index contributed by atoms with van der Waals surface area (Å²) >= 11 is 0. The fraction of sp³-hybridized carbons (Fsp3) is 0.636. The molecule has 8 nitrogen and oxygen atoms in total. The summed E-state index contributed by atoms with van der Waals surface area (Å²) in [6.45, 7) is 9.27. The number of likely N-dealkylation sites (N-methyl/N-ethyl adjacent to an activating group) is 1. The number of hydrogen-bond acceptors (Lipinski definition) is 5. The van der Waals surface area contributed by atoms with Gasteiger partial charge >= 0.3 is 0 Å². The third kappa shape index (κ3) is 7.40. The summed E-state index contributed by atoms with van der Waals surface area (Å²) in [6, 6.07) is 4.08. The topological polar surface area (TPSA) is 84.4 Å². The third-order valence-electron chi connectivity index (χ3n) is 4.65. The van der Waals surface area contributed by atoms with Crippen LogP contribution >= 0.6 is 0 Å². The quantitative estimate of drug-likeness (QED) is 0.323. The fourth-order valence-electron chi connectivity index (χ4n) is 3.08. The normalized spacial score (nSPS) is 15.4. The van der Waals surface area contributed by atoms with Crippen molar-refractivity contribution >= 4 is 11.9 Å². The highest BCUT2D eigenvalue weighted by molar-refractivity contribution is 5.86. The Morgan fingerprint density at radius 3 is 2.77 bits per heavy atom. The van der Waals surface area contributed by atoms with Crippen molar-refractivity contribution in [3.8, 4) is 11.5 Å². The molecule has 0 saturated heterocycles. The van der Waals surface area contributed by atoms with Crippen LogP contribution in [0.15, 0.2) is 17.1 Å². The van der Waals surface area contributed by atoms with Crippen molar-refractivity contribution in [3.05, 3.63) is 23.3 Å². The zero-order valence-corrected chi connectivity index (χ0v) is 18.9. The number of carbonyl (C=O) groups excluding carboxylic acids is 1. The van der Waals surface area contributed by atoms with Gasteiger partial charge < -0.3 is 29.7 Å². The van der Waals surface area contributed by atoms with Crippen LogP contribution in [-0.4, -0.2) is 69.9 Å². The second-order valence-electron chi connectivity index (χ2n) is 7.42. The molecule has 0 fully saturated rings. The summed E-state index contributed by atoms with van der Waals surface area (Å²) in [7, 11) is 3.46. The van der Waals surface area contributed by atoms with Gasteiger partial charge in [0.2, 0.25) is 5.91 Å². The van der Waals surface area contributed by atoms with Gasteiger partial charge in [-0.1, -0.05) is 0 Å². The van der Waals surface area contributed by atoms with Gasteiger partial charge in [-0.05, 0) is 39.3 Å². The number of aliphatic imine (C=N–C) groups is 1. The van der Waals surface area contributed by atoms with Crippen molar-refractivity contribution < 1.29 is 19.0 Å². The molecule has 1 atom stereocenters. The SMILES string of the molecule is CCOCCCNC(=NCc1cc2c(cc1OCC)CC(C)O2)NCC(=O)N(C)C. The van der Waals surface area contributed by atoms with Crippen molar-refractivity contribution in [2.75, 3.05) is 47.0 Å². The number of amides is 1. The highest BCUT2D eigenvalue weighted by Gasteiger charge is 2.21. The Balaban J connectivity index is 2.09. The van der Waals surface area contributed by atoms with Gasteiger partial charge in [0.15, 0.2) is 5.96 Å². The third-order valence-corrected chi connectivity index (χ3v) is 4.65. The van der Waals surface area contributed by atoms with Gasteiger partial charge in [-0.3, -0.25) is 4.79 Å². The largest absolute Gasteiger partial charge is 0.494 e. The molecule has 1 unspecified atom stereocenters. The zero-order chi connectivity index (χ0) is 21.9. The molecule has 1 heterocycles. The lowest BCUT2D eigenvalue weighted by molar-refractivity contribution is -0.127. The predicted molar refractivity (Wildman–Crippen MR) is 118 cm³/mol. The molecule has 0 radical (unpaired) electrons. The molecule has 30 heavy (non-hydrogen) atoms. The smallest absolute Gasteiger partial charge is 0.241 e. The zero-order valence-electron chi connectivity index (χ0n) is 18.9. The standard InChI is InChI=1S/C22H36N4O4/c1-6-28-10-8-9-23-22(25-15-21(27)26(4)5)24-14-18-13-20-17(11-16(3)30-20)12-19(18)29-7-2/h12-13,16H,6-11,14-15H2,1-5H3,(H2,23,24,25). The molecule has 1 aromatic carbocycles. The molecule has 0 aromatic heterocycles. The molecule has 1 aliphatic heterocycles. The predicted octanol–water partition coefficient (Wildman–Crippen LogP) is 1.96. The minimum absolute atomic E-state index is 0.0197. The van der Waals surface area contributed by atoms with Crippen molar-refractivity contribution in [1.82, 2.24) is 15.5 Å².